The molecule has 0 radical (unpaired) electrons. The quantitative estimate of drug-likeness (QED) is 0.0505. The number of nitrogens with one attached hydrogen (secondary N) is 5. The lowest BCUT2D eigenvalue weighted by atomic mass is 9.57. The van der Waals surface area contributed by atoms with Crippen molar-refractivity contribution in [3.8, 4) is 11.8 Å². The molecule has 1 saturated carbocycles. The summed E-state index contributed by atoms with van der Waals surface area (Å²) >= 11 is 1.37. The predicted molar refractivity (Wildman–Crippen MR) is 258 cm³/mol. The molecule has 3 heterocycles. The maximum atomic E-state index is 15.7. The van der Waals surface area contributed by atoms with Gasteiger partial charge in [-0.05, 0) is 97.7 Å². The first-order chi connectivity index (χ1) is 33.3. The third kappa shape index (κ3) is 10.6. The van der Waals surface area contributed by atoms with Crippen LogP contribution in [-0.2, 0) is 48.0 Å². The van der Waals surface area contributed by atoms with E-state index in [4.69, 9.17) is 4.74 Å². The second-order valence-corrected chi connectivity index (χ2v) is 20.6. The summed E-state index contributed by atoms with van der Waals surface area (Å²) in [5, 5.41) is 53.6. The first kappa shape index (κ1) is 50.1. The highest BCUT2D eigenvalue weighted by Crippen LogP contribution is 2.62. The van der Waals surface area contributed by atoms with Crippen molar-refractivity contribution in [2.75, 3.05) is 26.0 Å². The highest BCUT2D eigenvalue weighted by atomic mass is 32.2. The predicted octanol–water partition coefficient (Wildman–Crippen LogP) is 3.63. The number of pyridine rings is 1. The fourth-order valence-corrected chi connectivity index (χ4v) is 13.4. The first-order valence-corrected chi connectivity index (χ1v) is 25.4. The summed E-state index contributed by atoms with van der Waals surface area (Å²) in [5.74, 6) is 2.08. The number of nitrogens with zero attached hydrogens (tertiary/aromatic N) is 1. The van der Waals surface area contributed by atoms with E-state index >= 15 is 4.79 Å². The van der Waals surface area contributed by atoms with E-state index < -0.39 is 71.2 Å². The Bertz CT molecular complexity index is 2440. The molecule has 17 heteroatoms. The van der Waals surface area contributed by atoms with Gasteiger partial charge in [-0.3, -0.25) is 19.9 Å². The molecule has 2 aliphatic heterocycles. The van der Waals surface area contributed by atoms with E-state index in [0.29, 0.717) is 31.6 Å². The number of hydrogen-bond donors (Lipinski definition) is 9. The summed E-state index contributed by atoms with van der Waals surface area (Å²) in [6, 6.07) is 10.7. The molecule has 2 amide bonds. The van der Waals surface area contributed by atoms with Crippen LogP contribution in [0, 0.1) is 34.5 Å². The minimum absolute atomic E-state index is 0.00591. The molecule has 16 nitrogen and oxygen atoms in total. The maximum absolute atomic E-state index is 15.7. The number of esters is 1. The van der Waals surface area contributed by atoms with Crippen molar-refractivity contribution in [3.05, 3.63) is 100 Å². The highest BCUT2D eigenvalue weighted by Gasteiger charge is 2.62. The van der Waals surface area contributed by atoms with Crippen molar-refractivity contribution in [2.24, 2.45) is 22.7 Å². The zero-order chi connectivity index (χ0) is 48.8. The Kier molecular flexibility index (Phi) is 15.8. The summed E-state index contributed by atoms with van der Waals surface area (Å²) in [6.07, 6.45) is 15.2. The summed E-state index contributed by atoms with van der Waals surface area (Å²) in [7, 11) is 1.55. The normalized spacial score (nSPS) is 26.6. The molecule has 2 spiro atoms. The molecule has 0 unspecified atom stereocenters. The zero-order valence-electron chi connectivity index (χ0n) is 39.1. The number of allylic oxidation sites excluding steroid dienone is 1. The number of amides is 2. The van der Waals surface area contributed by atoms with Crippen molar-refractivity contribution in [3.63, 3.8) is 0 Å². The molecule has 69 heavy (non-hydrogen) atoms. The largest absolute Gasteiger partial charge is 0.478 e. The topological polar surface area (TPSA) is 249 Å². The minimum Gasteiger partial charge on any atom is -0.478 e. The number of ether oxygens (including phenoxy) is 1. The number of aliphatic hydroxyl groups is 2. The number of aliphatic hydroxyl groups excluding tert-OH is 1. The molecule has 0 saturated heterocycles. The van der Waals surface area contributed by atoms with Crippen LogP contribution >= 0.6 is 11.8 Å². The van der Waals surface area contributed by atoms with Crippen molar-refractivity contribution in [2.45, 2.75) is 126 Å². The van der Waals surface area contributed by atoms with Gasteiger partial charge in [-0.25, -0.2) is 14.4 Å². The number of rotatable bonds is 16. The van der Waals surface area contributed by atoms with E-state index in [-0.39, 0.29) is 35.7 Å². The first-order valence-electron chi connectivity index (χ1n) is 24.3. The van der Waals surface area contributed by atoms with Crippen LogP contribution in [0.15, 0.2) is 83.4 Å². The van der Waals surface area contributed by atoms with Gasteiger partial charge in [0.1, 0.15) is 11.8 Å². The summed E-state index contributed by atoms with van der Waals surface area (Å²) < 4.78 is 6.91. The lowest BCUT2D eigenvalue weighted by Gasteiger charge is -2.45. The monoisotopic (exact) mass is 964 g/mol. The molecule has 2 aromatic rings. The van der Waals surface area contributed by atoms with Gasteiger partial charge in [0.25, 0.3) is 0 Å². The number of carbonyl (C=O) groups excluding carboxylic acids is 3. The number of carboxylic acids is 2. The molecule has 9 N–H and O–H groups in total. The molecule has 4 aliphatic carbocycles. The smallest absolute Gasteiger partial charge is 0.353 e. The molecular formula is C52H64N6O10S. The van der Waals surface area contributed by atoms with Crippen LogP contribution in [0.3, 0.4) is 0 Å². The van der Waals surface area contributed by atoms with Crippen molar-refractivity contribution < 1.29 is 49.1 Å². The van der Waals surface area contributed by atoms with E-state index in [1.54, 1.807) is 19.4 Å². The van der Waals surface area contributed by atoms with Crippen molar-refractivity contribution >= 4 is 41.5 Å². The Balaban J connectivity index is 1.26. The Morgan fingerprint density at radius 3 is 2.45 bits per heavy atom. The zero-order valence-corrected chi connectivity index (χ0v) is 39.9. The van der Waals surface area contributed by atoms with E-state index in [0.717, 1.165) is 86.5 Å². The molecule has 1 fully saturated rings. The van der Waals surface area contributed by atoms with Crippen LogP contribution in [0.5, 0.6) is 0 Å². The van der Waals surface area contributed by atoms with Crippen LogP contribution in [0.2, 0.25) is 0 Å². The Labute approximate surface area is 407 Å². The molecule has 1 aromatic heterocycles. The second kappa shape index (κ2) is 21.7. The van der Waals surface area contributed by atoms with Crippen molar-refractivity contribution in [1.82, 2.24) is 31.6 Å². The number of aliphatic carboxylic acids is 2. The van der Waals surface area contributed by atoms with Crippen LogP contribution in [0.25, 0.3) is 0 Å². The van der Waals surface area contributed by atoms with Gasteiger partial charge in [0.05, 0.1) is 5.25 Å². The minimum atomic E-state index is -2.47. The molecule has 368 valence electrons. The molecule has 6 aliphatic rings. The van der Waals surface area contributed by atoms with Gasteiger partial charge in [-0.2, -0.15) is 0 Å². The molecular weight excluding hydrogens is 901 g/mol. The summed E-state index contributed by atoms with van der Waals surface area (Å²) in [4.78, 5) is 71.4. The van der Waals surface area contributed by atoms with E-state index in [2.05, 4.69) is 73.8 Å². The van der Waals surface area contributed by atoms with E-state index in [1.165, 1.54) is 22.9 Å². The van der Waals surface area contributed by atoms with Gasteiger partial charge >= 0.3 is 17.9 Å². The number of carbonyl (C=O) groups is 5. The third-order valence-corrected chi connectivity index (χ3v) is 16.7. The number of carboxylic acid groups (broad SMARTS) is 2. The Morgan fingerprint density at radius 2 is 1.72 bits per heavy atom. The average molecular weight is 965 g/mol. The van der Waals surface area contributed by atoms with Gasteiger partial charge < -0.3 is 46.4 Å². The summed E-state index contributed by atoms with van der Waals surface area (Å²) in [5.41, 5.74) is 2.14. The van der Waals surface area contributed by atoms with Crippen molar-refractivity contribution in [1.29, 1.82) is 0 Å². The molecule has 1 aromatic carbocycles. The van der Waals surface area contributed by atoms with Crippen LogP contribution in [0.1, 0.15) is 93.7 Å². The lowest BCUT2D eigenvalue weighted by Crippen LogP contribution is -2.56. The number of hydrogen-bond acceptors (Lipinski definition) is 13. The standard InChI is InChI=1S/C52H64N6O10S/c1-53-31-56-52(67,48(64)65)23-16-39(59)57-38(45(60)58-46(61)47(62)63)30-69-44-43-41-35(13-3-2-6-19-50(44)20-7-8-21-50)29-37(27-32-17-25-54-26-18-32)40-42-36(15-10-24-55-42)28-34-12-5-4-11-33(34)14-9-22-51(40,41)49(66)68-43/h4-5,10-12,15,17-18,25-26,35-36,38,42,44,46,53,55-56,61,67H,2-3,6-8,13-14,16,19-21,23-24,27-31H2,1H3,(H,57,59)(H,58,60)(H,62,63)(H,64,65)/t35-,36-,38-,42-,44-,46-,51+,52+/m0/s1. The molecule has 8 rings (SSSR count). The lowest BCUT2D eigenvalue weighted by molar-refractivity contribution is -0.164. The van der Waals surface area contributed by atoms with Crippen LogP contribution in [0.4, 0.5) is 0 Å². The Morgan fingerprint density at radius 1 is 0.986 bits per heavy atom. The van der Waals surface area contributed by atoms with Gasteiger partial charge in [0, 0.05) is 68.2 Å². The van der Waals surface area contributed by atoms with Gasteiger partial charge in [-0.15, -0.1) is 11.8 Å². The average Bonchev–Trinajstić information content (AvgIpc) is 3.93. The molecule has 0 bridgehead atoms. The van der Waals surface area contributed by atoms with Gasteiger partial charge in [0.2, 0.25) is 23.8 Å². The second-order valence-electron chi connectivity index (χ2n) is 19.4. The van der Waals surface area contributed by atoms with E-state index in [9.17, 15) is 39.6 Å². The SMILES string of the molecule is CNCN[C@@](O)(CCC(=O)N[C@@H](CS[C@H]1C2=C3[C@@H](CCCCCC14CCCC4)CC(Cc1ccncc1)=C1[C@H]4NCC=C[C@H]4Cc4ccccc4CC#C[C@]31C(=O)O2)C(=O)N[C@@H](O)C(=O)O)C(=O)O. The van der Waals surface area contributed by atoms with Crippen LogP contribution < -0.4 is 26.6 Å². The molecule has 8 atom stereocenters. The number of benzene rings is 1. The third-order valence-electron chi connectivity index (χ3n) is 15.1. The van der Waals surface area contributed by atoms with Gasteiger partial charge in [-0.1, -0.05) is 85.9 Å². The number of thioether (sulfide) groups is 1. The summed E-state index contributed by atoms with van der Waals surface area (Å²) in [6.45, 7) is 0.530. The van der Waals surface area contributed by atoms with E-state index in [1.807, 2.05) is 18.2 Å². The Hall–Kier alpha value is -5.35. The highest BCUT2D eigenvalue weighted by molar-refractivity contribution is 8.00. The fraction of sp³-hybridized carbons (Fsp3) is 0.538. The fourth-order valence-electron chi connectivity index (χ4n) is 11.8. The number of fused-ring (bicyclic) bond motifs is 3. The van der Waals surface area contributed by atoms with Gasteiger partial charge in [0.15, 0.2) is 5.41 Å². The number of aromatic nitrogens is 1. The maximum Gasteiger partial charge on any atom is 0.353 e. The van der Waals surface area contributed by atoms with Crippen LogP contribution in [-0.4, -0.2) is 110 Å².